The zero-order chi connectivity index (χ0) is 13.4. The van der Waals surface area contributed by atoms with Crippen molar-refractivity contribution in [3.8, 4) is 5.69 Å². The molecule has 0 spiro atoms. The van der Waals surface area contributed by atoms with E-state index in [0.29, 0.717) is 5.52 Å². The first-order valence-corrected chi connectivity index (χ1v) is 5.90. The van der Waals surface area contributed by atoms with Crippen LogP contribution in [0.25, 0.3) is 16.6 Å². The summed E-state index contributed by atoms with van der Waals surface area (Å²) >= 11 is 0. The Morgan fingerprint density at radius 2 is 1.95 bits per heavy atom. The number of benzene rings is 2. The molecule has 3 nitrogen and oxygen atoms in total. The minimum atomic E-state index is -0.436. The van der Waals surface area contributed by atoms with Gasteiger partial charge in [-0.05, 0) is 36.8 Å². The summed E-state index contributed by atoms with van der Waals surface area (Å²) in [5, 5.41) is 0.283. The van der Waals surface area contributed by atoms with Gasteiger partial charge in [-0.25, -0.2) is 9.37 Å². The highest BCUT2D eigenvalue weighted by Gasteiger charge is 2.08. The first kappa shape index (κ1) is 11.6. The first-order chi connectivity index (χ1) is 9.16. The van der Waals surface area contributed by atoms with Crippen LogP contribution in [0.2, 0.25) is 0 Å². The van der Waals surface area contributed by atoms with Crippen LogP contribution in [0.5, 0.6) is 0 Å². The standard InChI is InChI=1S/C15H11FN2O/c1-10-4-2-3-5-14(10)18-9-17-13-7-6-11(16)8-12(13)15(18)19/h2-9H,1H3. The van der Waals surface area contributed by atoms with Gasteiger partial charge in [0.2, 0.25) is 0 Å². The van der Waals surface area contributed by atoms with Crippen molar-refractivity contribution >= 4 is 10.9 Å². The fourth-order valence-corrected chi connectivity index (χ4v) is 2.10. The largest absolute Gasteiger partial charge is 0.268 e. The fourth-order valence-electron chi connectivity index (χ4n) is 2.10. The predicted molar refractivity (Wildman–Crippen MR) is 72.0 cm³/mol. The number of hydrogen-bond acceptors (Lipinski definition) is 2. The molecule has 0 saturated heterocycles. The van der Waals surface area contributed by atoms with Crippen LogP contribution in [0.4, 0.5) is 4.39 Å². The molecule has 0 fully saturated rings. The molecule has 0 unspecified atom stereocenters. The summed E-state index contributed by atoms with van der Waals surface area (Å²) in [6, 6.07) is 11.5. The fraction of sp³-hybridized carbons (Fsp3) is 0.0667. The van der Waals surface area contributed by atoms with Gasteiger partial charge < -0.3 is 0 Å². The molecule has 3 aromatic rings. The molecule has 0 bridgehead atoms. The summed E-state index contributed by atoms with van der Waals surface area (Å²) in [5.41, 5.74) is 1.95. The number of fused-ring (bicyclic) bond motifs is 1. The molecule has 1 aromatic heterocycles. The van der Waals surface area contributed by atoms with E-state index < -0.39 is 5.82 Å². The van der Waals surface area contributed by atoms with Crippen LogP contribution in [-0.4, -0.2) is 9.55 Å². The lowest BCUT2D eigenvalue weighted by atomic mass is 10.2. The Balaban J connectivity index is 2.35. The summed E-state index contributed by atoms with van der Waals surface area (Å²) < 4.78 is 14.7. The molecular weight excluding hydrogens is 243 g/mol. The lowest BCUT2D eigenvalue weighted by Crippen LogP contribution is -2.19. The van der Waals surface area contributed by atoms with Crippen LogP contribution in [0.1, 0.15) is 5.56 Å². The van der Waals surface area contributed by atoms with Crippen LogP contribution in [0.15, 0.2) is 53.6 Å². The van der Waals surface area contributed by atoms with Gasteiger partial charge in [0, 0.05) is 0 Å². The molecule has 0 radical (unpaired) electrons. The van der Waals surface area contributed by atoms with Crippen molar-refractivity contribution < 1.29 is 4.39 Å². The zero-order valence-electron chi connectivity index (χ0n) is 10.3. The quantitative estimate of drug-likeness (QED) is 0.669. The zero-order valence-corrected chi connectivity index (χ0v) is 10.3. The van der Waals surface area contributed by atoms with E-state index in [9.17, 15) is 9.18 Å². The van der Waals surface area contributed by atoms with Crippen LogP contribution in [0.3, 0.4) is 0 Å². The van der Waals surface area contributed by atoms with Crippen molar-refractivity contribution in [1.29, 1.82) is 0 Å². The van der Waals surface area contributed by atoms with Crippen molar-refractivity contribution in [3.63, 3.8) is 0 Å². The molecule has 0 aliphatic rings. The highest BCUT2D eigenvalue weighted by atomic mass is 19.1. The van der Waals surface area contributed by atoms with Crippen LogP contribution in [-0.2, 0) is 0 Å². The normalized spacial score (nSPS) is 10.8. The first-order valence-electron chi connectivity index (χ1n) is 5.90. The molecule has 3 rings (SSSR count). The number of nitrogens with zero attached hydrogens (tertiary/aromatic N) is 2. The Kier molecular flexibility index (Phi) is 2.63. The van der Waals surface area contributed by atoms with E-state index in [-0.39, 0.29) is 10.9 Å². The Bertz CT molecular complexity index is 824. The van der Waals surface area contributed by atoms with E-state index >= 15 is 0 Å². The van der Waals surface area contributed by atoms with Gasteiger partial charge in [-0.3, -0.25) is 9.36 Å². The van der Waals surface area contributed by atoms with E-state index in [1.807, 2.05) is 31.2 Å². The van der Waals surface area contributed by atoms with Crippen LogP contribution < -0.4 is 5.56 Å². The second-order valence-electron chi connectivity index (χ2n) is 4.37. The third kappa shape index (κ3) is 1.91. The summed E-state index contributed by atoms with van der Waals surface area (Å²) in [4.78, 5) is 16.6. The van der Waals surface area contributed by atoms with Gasteiger partial charge in [-0.1, -0.05) is 18.2 Å². The van der Waals surface area contributed by atoms with E-state index in [1.165, 1.54) is 29.1 Å². The van der Waals surface area contributed by atoms with Gasteiger partial charge in [0.05, 0.1) is 16.6 Å². The van der Waals surface area contributed by atoms with Crippen molar-refractivity contribution in [3.05, 3.63) is 70.5 Å². The van der Waals surface area contributed by atoms with Gasteiger partial charge in [0.1, 0.15) is 12.1 Å². The lowest BCUT2D eigenvalue weighted by molar-refractivity contribution is 0.629. The summed E-state index contributed by atoms with van der Waals surface area (Å²) in [7, 11) is 0. The second kappa shape index (κ2) is 4.31. The van der Waals surface area contributed by atoms with Crippen LogP contribution >= 0.6 is 0 Å². The van der Waals surface area contributed by atoms with Crippen molar-refractivity contribution in [2.24, 2.45) is 0 Å². The maximum absolute atomic E-state index is 13.3. The molecule has 1 heterocycles. The molecule has 0 saturated carbocycles. The van der Waals surface area contributed by atoms with Crippen molar-refractivity contribution in [2.75, 3.05) is 0 Å². The third-order valence-corrected chi connectivity index (χ3v) is 3.10. The van der Waals surface area contributed by atoms with Crippen molar-refractivity contribution in [1.82, 2.24) is 9.55 Å². The molecule has 4 heteroatoms. The molecule has 94 valence electrons. The highest BCUT2D eigenvalue weighted by Crippen LogP contribution is 2.13. The highest BCUT2D eigenvalue weighted by molar-refractivity contribution is 5.77. The molecule has 2 aromatic carbocycles. The molecule has 0 amide bonds. The predicted octanol–water partition coefficient (Wildman–Crippen LogP) is 2.83. The third-order valence-electron chi connectivity index (χ3n) is 3.10. The number of hydrogen-bond donors (Lipinski definition) is 0. The Morgan fingerprint density at radius 3 is 2.74 bits per heavy atom. The van der Waals surface area contributed by atoms with E-state index in [2.05, 4.69) is 4.98 Å². The SMILES string of the molecule is Cc1ccccc1-n1cnc2ccc(F)cc2c1=O. The topological polar surface area (TPSA) is 34.9 Å². The van der Waals surface area contributed by atoms with Crippen molar-refractivity contribution in [2.45, 2.75) is 6.92 Å². The molecule has 0 atom stereocenters. The van der Waals surface area contributed by atoms with Gasteiger partial charge in [-0.2, -0.15) is 0 Å². The maximum atomic E-state index is 13.3. The Labute approximate surface area is 109 Å². The molecular formula is C15H11FN2O. The summed E-state index contributed by atoms with van der Waals surface area (Å²) in [5.74, 6) is -0.436. The smallest absolute Gasteiger partial charge is 0.265 e. The summed E-state index contributed by atoms with van der Waals surface area (Å²) in [6.07, 6.45) is 1.48. The van der Waals surface area contributed by atoms with Gasteiger partial charge in [0.15, 0.2) is 0 Å². The average Bonchev–Trinajstić information content (AvgIpc) is 2.41. The minimum Gasteiger partial charge on any atom is -0.268 e. The number of rotatable bonds is 1. The molecule has 0 aliphatic carbocycles. The molecule has 19 heavy (non-hydrogen) atoms. The minimum absolute atomic E-state index is 0.265. The van der Waals surface area contributed by atoms with Gasteiger partial charge >= 0.3 is 0 Å². The van der Waals surface area contributed by atoms with E-state index in [4.69, 9.17) is 0 Å². The number of para-hydroxylation sites is 1. The average molecular weight is 254 g/mol. The monoisotopic (exact) mass is 254 g/mol. The van der Waals surface area contributed by atoms with E-state index in [1.54, 1.807) is 0 Å². The second-order valence-corrected chi connectivity index (χ2v) is 4.37. The van der Waals surface area contributed by atoms with Gasteiger partial charge in [0.25, 0.3) is 5.56 Å². The Hall–Kier alpha value is -2.49. The molecule has 0 aliphatic heterocycles. The number of halogens is 1. The maximum Gasteiger partial charge on any atom is 0.265 e. The van der Waals surface area contributed by atoms with Gasteiger partial charge in [-0.15, -0.1) is 0 Å². The lowest BCUT2D eigenvalue weighted by Gasteiger charge is -2.09. The number of aryl methyl sites for hydroxylation is 1. The van der Waals surface area contributed by atoms with Crippen LogP contribution in [0, 0.1) is 12.7 Å². The molecule has 0 N–H and O–H groups in total. The summed E-state index contributed by atoms with van der Waals surface area (Å²) in [6.45, 7) is 1.91. The van der Waals surface area contributed by atoms with E-state index in [0.717, 1.165) is 11.3 Å². The Morgan fingerprint density at radius 1 is 1.16 bits per heavy atom. The number of aromatic nitrogens is 2.